The van der Waals surface area contributed by atoms with Gasteiger partial charge >= 0.3 is 0 Å². The molecular weight excluding hydrogens is 316 g/mol. The average Bonchev–Trinajstić information content (AvgIpc) is 2.53. The van der Waals surface area contributed by atoms with E-state index in [9.17, 15) is 13.2 Å². The van der Waals surface area contributed by atoms with E-state index in [1.165, 1.54) is 4.31 Å². The second-order valence-corrected chi connectivity index (χ2v) is 7.79. The number of hydrogen-bond donors (Lipinski definition) is 1. The van der Waals surface area contributed by atoms with Gasteiger partial charge in [-0.3, -0.25) is 4.79 Å². The van der Waals surface area contributed by atoms with Crippen LogP contribution < -0.4 is 10.5 Å². The molecule has 0 radical (unpaired) electrons. The molecule has 6 nitrogen and oxygen atoms in total. The van der Waals surface area contributed by atoms with E-state index in [0.29, 0.717) is 38.3 Å². The number of rotatable bonds is 6. The SMILES string of the molecule is CCCOc1ccc(S(=O)(=O)N2CCC(C(N)=O)CC2)cc1C. The van der Waals surface area contributed by atoms with Crippen molar-refractivity contribution in [3.8, 4) is 5.75 Å². The van der Waals surface area contributed by atoms with E-state index in [1.54, 1.807) is 18.2 Å². The summed E-state index contributed by atoms with van der Waals surface area (Å²) >= 11 is 0. The Kier molecular flexibility index (Phi) is 5.64. The first kappa shape index (κ1) is 17.7. The zero-order valence-corrected chi connectivity index (χ0v) is 14.4. The minimum Gasteiger partial charge on any atom is -0.493 e. The van der Waals surface area contributed by atoms with Gasteiger partial charge in [-0.05, 0) is 49.9 Å². The van der Waals surface area contributed by atoms with Gasteiger partial charge < -0.3 is 10.5 Å². The monoisotopic (exact) mass is 340 g/mol. The number of aryl methyl sites for hydroxylation is 1. The van der Waals surface area contributed by atoms with Crippen LogP contribution in [0.5, 0.6) is 5.75 Å². The quantitative estimate of drug-likeness (QED) is 0.853. The van der Waals surface area contributed by atoms with Crippen molar-refractivity contribution in [2.24, 2.45) is 11.7 Å². The molecule has 2 rings (SSSR count). The van der Waals surface area contributed by atoms with Gasteiger partial charge in [0.15, 0.2) is 0 Å². The Labute approximate surface area is 137 Å². The topological polar surface area (TPSA) is 89.7 Å². The van der Waals surface area contributed by atoms with Gasteiger partial charge in [0, 0.05) is 19.0 Å². The van der Waals surface area contributed by atoms with E-state index >= 15 is 0 Å². The van der Waals surface area contributed by atoms with Gasteiger partial charge in [-0.15, -0.1) is 0 Å². The number of hydrogen-bond acceptors (Lipinski definition) is 4. The van der Waals surface area contributed by atoms with Crippen LogP contribution in [0.1, 0.15) is 31.7 Å². The Bertz CT molecular complexity index is 665. The van der Waals surface area contributed by atoms with Crippen molar-refractivity contribution in [3.05, 3.63) is 23.8 Å². The average molecular weight is 340 g/mol. The van der Waals surface area contributed by atoms with E-state index in [4.69, 9.17) is 10.5 Å². The summed E-state index contributed by atoms with van der Waals surface area (Å²) in [4.78, 5) is 11.5. The van der Waals surface area contributed by atoms with E-state index in [-0.39, 0.29) is 16.7 Å². The first-order valence-corrected chi connectivity index (χ1v) is 9.33. The van der Waals surface area contributed by atoms with E-state index in [0.717, 1.165) is 12.0 Å². The molecule has 0 atom stereocenters. The van der Waals surface area contributed by atoms with Crippen molar-refractivity contribution in [2.45, 2.75) is 38.0 Å². The maximum absolute atomic E-state index is 12.7. The van der Waals surface area contributed by atoms with Crippen molar-refractivity contribution in [1.82, 2.24) is 4.31 Å². The molecule has 23 heavy (non-hydrogen) atoms. The zero-order valence-electron chi connectivity index (χ0n) is 13.6. The summed E-state index contributed by atoms with van der Waals surface area (Å²) in [5.74, 6) is 0.126. The van der Waals surface area contributed by atoms with Crippen molar-refractivity contribution >= 4 is 15.9 Å². The smallest absolute Gasteiger partial charge is 0.243 e. The van der Waals surface area contributed by atoms with E-state index in [1.807, 2.05) is 13.8 Å². The van der Waals surface area contributed by atoms with Crippen LogP contribution >= 0.6 is 0 Å². The van der Waals surface area contributed by atoms with Crippen molar-refractivity contribution in [3.63, 3.8) is 0 Å². The zero-order chi connectivity index (χ0) is 17.0. The lowest BCUT2D eigenvalue weighted by molar-refractivity contribution is -0.122. The maximum atomic E-state index is 12.7. The normalized spacial score (nSPS) is 17.1. The van der Waals surface area contributed by atoms with E-state index in [2.05, 4.69) is 0 Å². The van der Waals surface area contributed by atoms with Gasteiger partial charge in [0.05, 0.1) is 11.5 Å². The number of ether oxygens (including phenoxy) is 1. The van der Waals surface area contributed by atoms with Crippen LogP contribution in [0.25, 0.3) is 0 Å². The van der Waals surface area contributed by atoms with Crippen molar-refractivity contribution in [2.75, 3.05) is 19.7 Å². The molecule has 0 bridgehead atoms. The highest BCUT2D eigenvalue weighted by Gasteiger charge is 2.31. The molecule has 1 aliphatic rings. The molecule has 128 valence electrons. The van der Waals surface area contributed by atoms with Crippen molar-refractivity contribution in [1.29, 1.82) is 0 Å². The minimum atomic E-state index is -3.55. The van der Waals surface area contributed by atoms with Gasteiger partial charge in [0.25, 0.3) is 0 Å². The summed E-state index contributed by atoms with van der Waals surface area (Å²) in [6.45, 7) is 5.10. The number of sulfonamides is 1. The molecule has 1 amide bonds. The Balaban J connectivity index is 2.14. The third-order valence-electron chi connectivity index (χ3n) is 4.10. The summed E-state index contributed by atoms with van der Waals surface area (Å²) < 4.78 is 32.4. The molecule has 0 aromatic heterocycles. The largest absolute Gasteiger partial charge is 0.493 e. The van der Waals surface area contributed by atoms with Crippen LogP contribution in [0.4, 0.5) is 0 Å². The van der Waals surface area contributed by atoms with Gasteiger partial charge in [-0.25, -0.2) is 8.42 Å². The first-order chi connectivity index (χ1) is 10.9. The standard InChI is InChI=1S/C16H24N2O4S/c1-3-10-22-15-5-4-14(11-12(15)2)23(20,21)18-8-6-13(7-9-18)16(17)19/h4-5,11,13H,3,6-10H2,1-2H3,(H2,17,19). The van der Waals surface area contributed by atoms with Gasteiger partial charge in [-0.2, -0.15) is 4.31 Å². The number of nitrogens with two attached hydrogens (primary N) is 1. The number of carbonyl (C=O) groups excluding carboxylic acids is 1. The summed E-state index contributed by atoms with van der Waals surface area (Å²) in [5, 5.41) is 0. The molecule has 0 aliphatic carbocycles. The fraction of sp³-hybridized carbons (Fsp3) is 0.562. The van der Waals surface area contributed by atoms with Crippen LogP contribution in [0, 0.1) is 12.8 Å². The lowest BCUT2D eigenvalue weighted by Gasteiger charge is -2.29. The first-order valence-electron chi connectivity index (χ1n) is 7.89. The van der Waals surface area contributed by atoms with Gasteiger partial charge in [0.2, 0.25) is 15.9 Å². The second kappa shape index (κ2) is 7.31. The molecule has 1 aromatic carbocycles. The summed E-state index contributed by atoms with van der Waals surface area (Å²) in [7, 11) is -3.55. The number of nitrogens with zero attached hydrogens (tertiary/aromatic N) is 1. The highest BCUT2D eigenvalue weighted by atomic mass is 32.2. The highest BCUT2D eigenvalue weighted by molar-refractivity contribution is 7.89. The second-order valence-electron chi connectivity index (χ2n) is 5.86. The molecule has 0 spiro atoms. The third-order valence-corrected chi connectivity index (χ3v) is 6.00. The summed E-state index contributed by atoms with van der Waals surface area (Å²) in [5.41, 5.74) is 6.09. The molecule has 1 heterocycles. The highest BCUT2D eigenvalue weighted by Crippen LogP contribution is 2.27. The van der Waals surface area contributed by atoms with Gasteiger partial charge in [0.1, 0.15) is 5.75 Å². The number of primary amides is 1. The minimum absolute atomic E-state index is 0.229. The van der Waals surface area contributed by atoms with Crippen molar-refractivity contribution < 1.29 is 17.9 Å². The van der Waals surface area contributed by atoms with Crippen LogP contribution in [0.15, 0.2) is 23.1 Å². The predicted molar refractivity (Wildman–Crippen MR) is 87.6 cm³/mol. The molecule has 1 aromatic rings. The van der Waals surface area contributed by atoms with Crippen LogP contribution in [-0.4, -0.2) is 38.3 Å². The Morgan fingerprint density at radius 3 is 2.52 bits per heavy atom. The lowest BCUT2D eigenvalue weighted by atomic mass is 9.98. The molecule has 1 fully saturated rings. The number of benzene rings is 1. The maximum Gasteiger partial charge on any atom is 0.243 e. The fourth-order valence-corrected chi connectivity index (χ4v) is 4.24. The lowest BCUT2D eigenvalue weighted by Crippen LogP contribution is -2.41. The molecule has 7 heteroatoms. The molecule has 0 unspecified atom stereocenters. The molecule has 1 saturated heterocycles. The molecule has 2 N–H and O–H groups in total. The number of amides is 1. The predicted octanol–water partition coefficient (Wildman–Crippen LogP) is 1.67. The Hall–Kier alpha value is -1.60. The fourth-order valence-electron chi connectivity index (χ4n) is 2.69. The van der Waals surface area contributed by atoms with E-state index < -0.39 is 10.0 Å². The molecule has 0 saturated carbocycles. The van der Waals surface area contributed by atoms with Gasteiger partial charge in [-0.1, -0.05) is 6.92 Å². The summed E-state index contributed by atoms with van der Waals surface area (Å²) in [6.07, 6.45) is 1.85. The number of piperidine rings is 1. The van der Waals surface area contributed by atoms with Crippen LogP contribution in [0.3, 0.4) is 0 Å². The Morgan fingerprint density at radius 2 is 2.00 bits per heavy atom. The summed E-state index contributed by atoms with van der Waals surface area (Å²) in [6, 6.07) is 4.92. The Morgan fingerprint density at radius 1 is 1.35 bits per heavy atom. The molecule has 1 aliphatic heterocycles. The van der Waals surface area contributed by atoms with Crippen LogP contribution in [-0.2, 0) is 14.8 Å². The van der Waals surface area contributed by atoms with Crippen LogP contribution in [0.2, 0.25) is 0 Å². The number of carbonyl (C=O) groups is 1. The molecular formula is C16H24N2O4S. The third kappa shape index (κ3) is 4.03.